The summed E-state index contributed by atoms with van der Waals surface area (Å²) in [7, 11) is 0. The lowest BCUT2D eigenvalue weighted by Gasteiger charge is -2.27. The van der Waals surface area contributed by atoms with Crippen LogP contribution in [0.1, 0.15) is 36.5 Å². The first-order chi connectivity index (χ1) is 9.84. The number of benzene rings is 1. The molecule has 1 amide bonds. The summed E-state index contributed by atoms with van der Waals surface area (Å²) >= 11 is 0. The third-order valence-electron chi connectivity index (χ3n) is 4.15. The van der Waals surface area contributed by atoms with Crippen molar-refractivity contribution in [2.24, 2.45) is 0 Å². The second-order valence-corrected chi connectivity index (χ2v) is 5.59. The summed E-state index contributed by atoms with van der Waals surface area (Å²) in [5.41, 5.74) is 2.27. The molecule has 2 N–H and O–H groups in total. The van der Waals surface area contributed by atoms with Crippen LogP contribution in [0.5, 0.6) is 0 Å². The van der Waals surface area contributed by atoms with Crippen molar-refractivity contribution in [1.29, 1.82) is 0 Å². The van der Waals surface area contributed by atoms with Gasteiger partial charge in [-0.05, 0) is 49.9 Å². The number of hydrogen-bond donors (Lipinski definition) is 2. The summed E-state index contributed by atoms with van der Waals surface area (Å²) < 4.78 is 5.71. The highest BCUT2D eigenvalue weighted by Crippen LogP contribution is 2.27. The van der Waals surface area contributed by atoms with Gasteiger partial charge >= 0.3 is 0 Å². The van der Waals surface area contributed by atoms with Crippen molar-refractivity contribution in [3.63, 3.8) is 0 Å². The monoisotopic (exact) mass is 274 g/mol. The molecule has 0 radical (unpaired) electrons. The standard InChI is InChI=1S/C16H22N2O2/c19-16(18-13-5-3-9-17-10-7-13)15-14-6-2-1-4-12(14)8-11-20-15/h1-2,4,6,13,15,17H,3,5,7-11H2,(H,18,19). The topological polar surface area (TPSA) is 50.4 Å². The molecule has 108 valence electrons. The molecule has 0 bridgehead atoms. The molecule has 1 saturated heterocycles. The van der Waals surface area contributed by atoms with E-state index in [2.05, 4.69) is 16.7 Å². The van der Waals surface area contributed by atoms with E-state index in [0.717, 1.165) is 44.3 Å². The minimum absolute atomic E-state index is 0.0176. The predicted molar refractivity (Wildman–Crippen MR) is 77.5 cm³/mol. The predicted octanol–water partition coefficient (Wildman–Crippen LogP) is 1.56. The Kier molecular flexibility index (Phi) is 4.33. The highest BCUT2D eigenvalue weighted by Gasteiger charge is 2.28. The Labute approximate surface area is 119 Å². The Balaban J connectivity index is 1.68. The van der Waals surface area contributed by atoms with Gasteiger partial charge in [-0.25, -0.2) is 0 Å². The fraction of sp³-hybridized carbons (Fsp3) is 0.562. The molecule has 3 rings (SSSR count). The maximum absolute atomic E-state index is 12.5. The highest BCUT2D eigenvalue weighted by molar-refractivity contribution is 5.83. The molecule has 2 aliphatic rings. The first-order valence-corrected chi connectivity index (χ1v) is 7.55. The second kappa shape index (κ2) is 6.37. The van der Waals surface area contributed by atoms with Crippen LogP contribution in [0.15, 0.2) is 24.3 Å². The van der Waals surface area contributed by atoms with Gasteiger partial charge in [0.1, 0.15) is 0 Å². The molecular formula is C16H22N2O2. The lowest BCUT2D eigenvalue weighted by atomic mass is 9.96. The summed E-state index contributed by atoms with van der Waals surface area (Å²) in [6.07, 6.45) is 3.63. The minimum atomic E-state index is -0.434. The zero-order valence-electron chi connectivity index (χ0n) is 11.7. The normalized spacial score (nSPS) is 26.4. The van der Waals surface area contributed by atoms with Crippen molar-refractivity contribution in [2.45, 2.75) is 37.8 Å². The Morgan fingerprint density at radius 3 is 3.10 bits per heavy atom. The van der Waals surface area contributed by atoms with Crippen molar-refractivity contribution in [3.8, 4) is 0 Å². The maximum atomic E-state index is 12.5. The van der Waals surface area contributed by atoms with E-state index in [4.69, 9.17) is 4.74 Å². The third-order valence-corrected chi connectivity index (χ3v) is 4.15. The van der Waals surface area contributed by atoms with Gasteiger partial charge < -0.3 is 15.4 Å². The number of carbonyl (C=O) groups is 1. The number of amides is 1. The molecular weight excluding hydrogens is 252 g/mol. The van der Waals surface area contributed by atoms with Crippen molar-refractivity contribution in [1.82, 2.24) is 10.6 Å². The molecule has 4 nitrogen and oxygen atoms in total. The number of nitrogens with one attached hydrogen (secondary N) is 2. The fourth-order valence-corrected chi connectivity index (χ4v) is 3.05. The summed E-state index contributed by atoms with van der Waals surface area (Å²) in [5, 5.41) is 6.53. The van der Waals surface area contributed by atoms with Crippen LogP contribution >= 0.6 is 0 Å². The Bertz CT molecular complexity index is 467. The molecule has 20 heavy (non-hydrogen) atoms. The summed E-state index contributed by atoms with van der Waals surface area (Å²) in [4.78, 5) is 12.5. The van der Waals surface area contributed by atoms with Crippen molar-refractivity contribution in [3.05, 3.63) is 35.4 Å². The van der Waals surface area contributed by atoms with Gasteiger partial charge in [-0.1, -0.05) is 24.3 Å². The molecule has 1 aromatic carbocycles. The minimum Gasteiger partial charge on any atom is -0.363 e. The number of ether oxygens (including phenoxy) is 1. The van der Waals surface area contributed by atoms with E-state index < -0.39 is 6.10 Å². The Morgan fingerprint density at radius 2 is 2.15 bits per heavy atom. The largest absolute Gasteiger partial charge is 0.363 e. The van der Waals surface area contributed by atoms with Crippen molar-refractivity contribution in [2.75, 3.05) is 19.7 Å². The molecule has 1 aromatic rings. The van der Waals surface area contributed by atoms with Crippen molar-refractivity contribution < 1.29 is 9.53 Å². The first kappa shape index (κ1) is 13.6. The van der Waals surface area contributed by atoms with Crippen LogP contribution in [0.4, 0.5) is 0 Å². The fourth-order valence-electron chi connectivity index (χ4n) is 3.05. The molecule has 2 unspecified atom stereocenters. The Hall–Kier alpha value is -1.39. The smallest absolute Gasteiger partial charge is 0.253 e. The average molecular weight is 274 g/mol. The molecule has 0 saturated carbocycles. The lowest BCUT2D eigenvalue weighted by Crippen LogP contribution is -2.40. The van der Waals surface area contributed by atoms with Gasteiger partial charge in [-0.3, -0.25) is 4.79 Å². The van der Waals surface area contributed by atoms with Crippen LogP contribution in [0.25, 0.3) is 0 Å². The van der Waals surface area contributed by atoms with Gasteiger partial charge in [-0.2, -0.15) is 0 Å². The quantitative estimate of drug-likeness (QED) is 0.860. The van der Waals surface area contributed by atoms with E-state index in [0.29, 0.717) is 6.61 Å². The SMILES string of the molecule is O=C(NC1CCCNCC1)C1OCCc2ccccc21. The average Bonchev–Trinajstić information content (AvgIpc) is 2.75. The van der Waals surface area contributed by atoms with Gasteiger partial charge in [0.2, 0.25) is 0 Å². The van der Waals surface area contributed by atoms with Gasteiger partial charge in [0.15, 0.2) is 6.10 Å². The van der Waals surface area contributed by atoms with Crippen LogP contribution in [-0.4, -0.2) is 31.6 Å². The van der Waals surface area contributed by atoms with Crippen LogP contribution in [0.2, 0.25) is 0 Å². The molecule has 4 heteroatoms. The lowest BCUT2D eigenvalue weighted by molar-refractivity contribution is -0.134. The maximum Gasteiger partial charge on any atom is 0.253 e. The van der Waals surface area contributed by atoms with Gasteiger partial charge in [0.25, 0.3) is 5.91 Å². The second-order valence-electron chi connectivity index (χ2n) is 5.59. The van der Waals surface area contributed by atoms with Gasteiger partial charge in [0.05, 0.1) is 6.61 Å². The first-order valence-electron chi connectivity index (χ1n) is 7.55. The van der Waals surface area contributed by atoms with Crippen LogP contribution < -0.4 is 10.6 Å². The molecule has 0 aromatic heterocycles. The van der Waals surface area contributed by atoms with Gasteiger partial charge in [-0.15, -0.1) is 0 Å². The third kappa shape index (κ3) is 3.02. The molecule has 0 aliphatic carbocycles. The summed E-state index contributed by atoms with van der Waals surface area (Å²) in [6, 6.07) is 8.37. The Morgan fingerprint density at radius 1 is 1.25 bits per heavy atom. The van der Waals surface area contributed by atoms with Crippen molar-refractivity contribution >= 4 is 5.91 Å². The van der Waals surface area contributed by atoms with E-state index >= 15 is 0 Å². The molecule has 2 aliphatic heterocycles. The highest BCUT2D eigenvalue weighted by atomic mass is 16.5. The zero-order valence-corrected chi connectivity index (χ0v) is 11.7. The van der Waals surface area contributed by atoms with Crippen LogP contribution in [0.3, 0.4) is 0 Å². The zero-order chi connectivity index (χ0) is 13.8. The molecule has 0 spiro atoms. The van der Waals surface area contributed by atoms with E-state index in [1.54, 1.807) is 0 Å². The van der Waals surface area contributed by atoms with E-state index in [1.807, 2.05) is 18.2 Å². The van der Waals surface area contributed by atoms with Crippen LogP contribution in [-0.2, 0) is 16.0 Å². The number of hydrogen-bond acceptors (Lipinski definition) is 3. The molecule has 2 atom stereocenters. The molecule has 2 heterocycles. The summed E-state index contributed by atoms with van der Waals surface area (Å²) in [6.45, 7) is 2.66. The van der Waals surface area contributed by atoms with E-state index in [1.165, 1.54) is 5.56 Å². The molecule has 1 fully saturated rings. The van der Waals surface area contributed by atoms with E-state index in [9.17, 15) is 4.79 Å². The number of carbonyl (C=O) groups excluding carboxylic acids is 1. The summed E-state index contributed by atoms with van der Waals surface area (Å²) in [5.74, 6) is 0.0176. The number of fused-ring (bicyclic) bond motifs is 1. The van der Waals surface area contributed by atoms with E-state index in [-0.39, 0.29) is 11.9 Å². The van der Waals surface area contributed by atoms with Crippen LogP contribution in [0, 0.1) is 0 Å². The van der Waals surface area contributed by atoms with Gasteiger partial charge in [0, 0.05) is 6.04 Å². The number of rotatable bonds is 2.